The Labute approximate surface area is 108 Å². The average Bonchev–Trinajstić information content (AvgIpc) is 2.88. The van der Waals surface area contributed by atoms with E-state index in [0.29, 0.717) is 16.6 Å². The van der Waals surface area contributed by atoms with Gasteiger partial charge >= 0.3 is 5.97 Å². The second kappa shape index (κ2) is 5.18. The molecule has 0 spiro atoms. The Morgan fingerprint density at radius 1 is 1.67 bits per heavy atom. The largest absolute Gasteiger partial charge is 0.476 e. The van der Waals surface area contributed by atoms with Crippen LogP contribution in [0.15, 0.2) is 18.5 Å². The van der Waals surface area contributed by atoms with Crippen LogP contribution in [0.4, 0.5) is 5.13 Å². The van der Waals surface area contributed by atoms with Gasteiger partial charge in [-0.15, -0.1) is 11.3 Å². The quantitative estimate of drug-likeness (QED) is 0.863. The normalized spacial score (nSPS) is 12.3. The zero-order valence-corrected chi connectivity index (χ0v) is 10.9. The van der Waals surface area contributed by atoms with Crippen LogP contribution in [-0.4, -0.2) is 31.9 Å². The third-order valence-electron chi connectivity index (χ3n) is 2.39. The van der Waals surface area contributed by atoms with Gasteiger partial charge in [0, 0.05) is 23.3 Å². The van der Waals surface area contributed by atoms with Crippen molar-refractivity contribution < 1.29 is 9.90 Å². The van der Waals surface area contributed by atoms with Crippen molar-refractivity contribution in [1.82, 2.24) is 14.8 Å². The van der Waals surface area contributed by atoms with Crippen LogP contribution in [0, 0.1) is 6.92 Å². The summed E-state index contributed by atoms with van der Waals surface area (Å²) in [6, 6.07) is 1.99. The molecule has 0 fully saturated rings. The highest BCUT2D eigenvalue weighted by molar-refractivity contribution is 7.15. The summed E-state index contributed by atoms with van der Waals surface area (Å²) in [7, 11) is 0. The molecule has 96 valence electrons. The van der Waals surface area contributed by atoms with E-state index >= 15 is 0 Å². The molecule has 1 atom stereocenters. The standard InChI is InChI=1S/C11H14N4O2S/c1-7(6-15-5-3-4-12-15)13-11-14-9(10(16)17)8(2)18-11/h3-5,7H,6H2,1-2H3,(H,13,14)(H,16,17). The van der Waals surface area contributed by atoms with Gasteiger partial charge in [0.25, 0.3) is 0 Å². The van der Waals surface area contributed by atoms with E-state index in [-0.39, 0.29) is 11.7 Å². The smallest absolute Gasteiger partial charge is 0.355 e. The first-order valence-corrected chi connectivity index (χ1v) is 6.32. The van der Waals surface area contributed by atoms with Gasteiger partial charge in [0.2, 0.25) is 0 Å². The lowest BCUT2D eigenvalue weighted by atomic mass is 10.3. The van der Waals surface area contributed by atoms with Crippen LogP contribution in [0.5, 0.6) is 0 Å². The summed E-state index contributed by atoms with van der Waals surface area (Å²) in [4.78, 5) is 15.6. The summed E-state index contributed by atoms with van der Waals surface area (Å²) in [5.74, 6) is -0.989. The molecule has 7 heteroatoms. The lowest BCUT2D eigenvalue weighted by molar-refractivity contribution is 0.0690. The first-order chi connectivity index (χ1) is 8.56. The summed E-state index contributed by atoms with van der Waals surface area (Å²) in [6.07, 6.45) is 3.61. The number of carboxylic acids is 1. The van der Waals surface area contributed by atoms with Crippen molar-refractivity contribution in [3.63, 3.8) is 0 Å². The molecular weight excluding hydrogens is 252 g/mol. The molecule has 0 aliphatic rings. The van der Waals surface area contributed by atoms with Crippen molar-refractivity contribution in [2.24, 2.45) is 0 Å². The van der Waals surface area contributed by atoms with Crippen LogP contribution in [-0.2, 0) is 6.54 Å². The molecule has 18 heavy (non-hydrogen) atoms. The van der Waals surface area contributed by atoms with Gasteiger partial charge in [-0.1, -0.05) is 0 Å². The number of aromatic nitrogens is 3. The van der Waals surface area contributed by atoms with Gasteiger partial charge in [0.15, 0.2) is 10.8 Å². The molecule has 1 unspecified atom stereocenters. The molecule has 0 radical (unpaired) electrons. The number of thiazole rings is 1. The number of rotatable bonds is 5. The van der Waals surface area contributed by atoms with Gasteiger partial charge in [0.1, 0.15) is 0 Å². The maximum atomic E-state index is 10.9. The molecule has 0 amide bonds. The number of hydrogen-bond acceptors (Lipinski definition) is 5. The highest BCUT2D eigenvalue weighted by Crippen LogP contribution is 2.22. The fraction of sp³-hybridized carbons (Fsp3) is 0.364. The SMILES string of the molecule is Cc1sc(NC(C)Cn2cccn2)nc1C(=O)O. The maximum absolute atomic E-state index is 10.9. The number of hydrogen-bond donors (Lipinski definition) is 2. The van der Waals surface area contributed by atoms with E-state index in [1.54, 1.807) is 13.1 Å². The number of carboxylic acid groups (broad SMARTS) is 1. The minimum Gasteiger partial charge on any atom is -0.476 e. The average molecular weight is 266 g/mol. The third kappa shape index (κ3) is 2.86. The predicted octanol–water partition coefficient (Wildman–Crippen LogP) is 1.85. The summed E-state index contributed by atoms with van der Waals surface area (Å²) < 4.78 is 1.82. The third-order valence-corrected chi connectivity index (χ3v) is 3.29. The fourth-order valence-corrected chi connectivity index (χ4v) is 2.52. The monoisotopic (exact) mass is 266 g/mol. The van der Waals surface area contributed by atoms with E-state index in [1.807, 2.05) is 23.9 Å². The molecule has 0 saturated heterocycles. The summed E-state index contributed by atoms with van der Waals surface area (Å²) in [5, 5.41) is 16.8. The minimum absolute atomic E-state index is 0.119. The van der Waals surface area contributed by atoms with Crippen LogP contribution < -0.4 is 5.32 Å². The summed E-state index contributed by atoms with van der Waals surface area (Å²) >= 11 is 1.35. The van der Waals surface area contributed by atoms with E-state index in [0.717, 1.165) is 0 Å². The maximum Gasteiger partial charge on any atom is 0.355 e. The zero-order chi connectivity index (χ0) is 13.1. The second-order valence-corrected chi connectivity index (χ2v) is 5.21. The van der Waals surface area contributed by atoms with Crippen molar-refractivity contribution in [1.29, 1.82) is 0 Å². The van der Waals surface area contributed by atoms with Crippen molar-refractivity contribution in [3.8, 4) is 0 Å². The van der Waals surface area contributed by atoms with Crippen molar-refractivity contribution in [2.75, 3.05) is 5.32 Å². The predicted molar refractivity (Wildman–Crippen MR) is 69.1 cm³/mol. The molecule has 2 aromatic heterocycles. The van der Waals surface area contributed by atoms with Crippen LogP contribution in [0.3, 0.4) is 0 Å². The zero-order valence-electron chi connectivity index (χ0n) is 10.1. The van der Waals surface area contributed by atoms with Crippen molar-refractivity contribution in [2.45, 2.75) is 26.4 Å². The lowest BCUT2D eigenvalue weighted by Gasteiger charge is -2.12. The van der Waals surface area contributed by atoms with Gasteiger partial charge in [-0.25, -0.2) is 9.78 Å². The van der Waals surface area contributed by atoms with Gasteiger partial charge < -0.3 is 10.4 Å². The number of nitrogens with one attached hydrogen (secondary N) is 1. The molecule has 2 N–H and O–H groups in total. The number of nitrogens with zero attached hydrogens (tertiary/aromatic N) is 3. The first-order valence-electron chi connectivity index (χ1n) is 5.51. The highest BCUT2D eigenvalue weighted by Gasteiger charge is 2.15. The van der Waals surface area contributed by atoms with Crippen LogP contribution in [0.2, 0.25) is 0 Å². The molecule has 2 aromatic rings. The Hall–Kier alpha value is -1.89. The fourth-order valence-electron chi connectivity index (χ4n) is 1.60. The number of aryl methyl sites for hydroxylation is 1. The molecule has 0 saturated carbocycles. The lowest BCUT2D eigenvalue weighted by Crippen LogP contribution is -2.22. The molecule has 0 bridgehead atoms. The Morgan fingerprint density at radius 3 is 3.00 bits per heavy atom. The van der Waals surface area contributed by atoms with Gasteiger partial charge in [-0.3, -0.25) is 4.68 Å². The first kappa shape index (κ1) is 12.6. The van der Waals surface area contributed by atoms with E-state index in [4.69, 9.17) is 5.11 Å². The molecular formula is C11H14N4O2S. The second-order valence-electron chi connectivity index (χ2n) is 4.00. The Bertz CT molecular complexity index is 535. The molecule has 0 aromatic carbocycles. The Kier molecular flexibility index (Phi) is 3.61. The molecule has 2 heterocycles. The van der Waals surface area contributed by atoms with E-state index < -0.39 is 5.97 Å². The molecule has 0 aliphatic carbocycles. The molecule has 2 rings (SSSR count). The van der Waals surface area contributed by atoms with Crippen LogP contribution in [0.25, 0.3) is 0 Å². The van der Waals surface area contributed by atoms with Gasteiger partial charge in [-0.05, 0) is 19.9 Å². The van der Waals surface area contributed by atoms with Crippen LogP contribution >= 0.6 is 11.3 Å². The van der Waals surface area contributed by atoms with E-state index in [1.165, 1.54) is 11.3 Å². The highest BCUT2D eigenvalue weighted by atomic mass is 32.1. The van der Waals surface area contributed by atoms with Gasteiger partial charge in [-0.2, -0.15) is 5.10 Å². The Morgan fingerprint density at radius 2 is 2.44 bits per heavy atom. The van der Waals surface area contributed by atoms with E-state index in [2.05, 4.69) is 15.4 Å². The number of aromatic carboxylic acids is 1. The van der Waals surface area contributed by atoms with Crippen molar-refractivity contribution >= 4 is 22.4 Å². The molecule has 0 aliphatic heterocycles. The number of anilines is 1. The minimum atomic E-state index is -0.989. The van der Waals surface area contributed by atoms with E-state index in [9.17, 15) is 4.79 Å². The topological polar surface area (TPSA) is 80.0 Å². The molecule has 6 nitrogen and oxygen atoms in total. The van der Waals surface area contributed by atoms with Crippen LogP contribution in [0.1, 0.15) is 22.3 Å². The van der Waals surface area contributed by atoms with Crippen molar-refractivity contribution in [3.05, 3.63) is 29.0 Å². The summed E-state index contributed by atoms with van der Waals surface area (Å²) in [5.41, 5.74) is 0.119. The summed E-state index contributed by atoms with van der Waals surface area (Å²) in [6.45, 7) is 4.46. The Balaban J connectivity index is 2.01. The number of carbonyl (C=O) groups is 1. The van der Waals surface area contributed by atoms with Gasteiger partial charge in [0.05, 0.1) is 6.54 Å².